The maximum Gasteiger partial charge on any atom is 0.256 e. The molecule has 4 nitrogen and oxygen atoms in total. The van der Waals surface area contributed by atoms with Crippen LogP contribution in [0.3, 0.4) is 0 Å². The van der Waals surface area contributed by atoms with Gasteiger partial charge in [0.15, 0.2) is 0 Å². The standard InChI is InChI=1S/C20H20N2O2/c1-4-5-9-16(3)24-18-11-7-10-17(13-18)20(23)22-19-12-6-8-15(2)14-21-19/h4-7,9-14H,1,3,8H2,2H3,(H,21,22,23)/b9-5-. The Hall–Kier alpha value is -3.14. The minimum atomic E-state index is -0.246. The number of rotatable bonds is 5. The van der Waals surface area contributed by atoms with Gasteiger partial charge in [-0.25, -0.2) is 4.99 Å². The van der Waals surface area contributed by atoms with Gasteiger partial charge in [-0.15, -0.1) is 0 Å². The summed E-state index contributed by atoms with van der Waals surface area (Å²) in [4.78, 5) is 16.6. The molecule has 0 fully saturated rings. The number of nitrogens with zero attached hydrogens (tertiary/aromatic N) is 1. The lowest BCUT2D eigenvalue weighted by Crippen LogP contribution is -2.28. The summed E-state index contributed by atoms with van der Waals surface area (Å²) in [5, 5.41) is 2.78. The molecule has 1 aromatic carbocycles. The fourth-order valence-electron chi connectivity index (χ4n) is 1.96. The Balaban J connectivity index is 2.07. The molecule has 4 heteroatoms. The molecule has 0 radical (unpaired) electrons. The summed E-state index contributed by atoms with van der Waals surface area (Å²) in [6.07, 6.45) is 11.4. The third-order valence-corrected chi connectivity index (χ3v) is 3.14. The molecule has 0 spiro atoms. The Morgan fingerprint density at radius 1 is 1.42 bits per heavy atom. The van der Waals surface area contributed by atoms with Crippen molar-refractivity contribution in [3.8, 4) is 5.75 Å². The molecule has 24 heavy (non-hydrogen) atoms. The molecule has 1 heterocycles. The van der Waals surface area contributed by atoms with Crippen molar-refractivity contribution in [2.45, 2.75) is 13.3 Å². The molecule has 0 aliphatic carbocycles. The normalized spacial score (nSPS) is 13.7. The zero-order valence-electron chi connectivity index (χ0n) is 13.7. The number of hydrogen-bond donors (Lipinski definition) is 1. The van der Waals surface area contributed by atoms with Gasteiger partial charge >= 0.3 is 0 Å². The Morgan fingerprint density at radius 2 is 2.25 bits per heavy atom. The summed E-state index contributed by atoms with van der Waals surface area (Å²) >= 11 is 0. The van der Waals surface area contributed by atoms with Gasteiger partial charge in [-0.05, 0) is 43.7 Å². The smallest absolute Gasteiger partial charge is 0.256 e. The highest BCUT2D eigenvalue weighted by molar-refractivity contribution is 6.10. The summed E-state index contributed by atoms with van der Waals surface area (Å²) in [6.45, 7) is 9.36. The predicted molar refractivity (Wildman–Crippen MR) is 98.0 cm³/mol. The van der Waals surface area contributed by atoms with Crippen LogP contribution < -0.4 is 10.1 Å². The molecular weight excluding hydrogens is 300 g/mol. The highest BCUT2D eigenvalue weighted by atomic mass is 16.5. The van der Waals surface area contributed by atoms with E-state index in [2.05, 4.69) is 23.5 Å². The molecule has 0 atom stereocenters. The lowest BCUT2D eigenvalue weighted by molar-refractivity contribution is 0.0977. The molecular formula is C20H20N2O2. The van der Waals surface area contributed by atoms with Crippen molar-refractivity contribution in [1.82, 2.24) is 5.32 Å². The van der Waals surface area contributed by atoms with Gasteiger partial charge in [0.05, 0.1) is 0 Å². The maximum atomic E-state index is 12.4. The quantitative estimate of drug-likeness (QED) is 0.649. The predicted octanol–water partition coefficient (Wildman–Crippen LogP) is 4.31. The summed E-state index contributed by atoms with van der Waals surface area (Å²) in [5.74, 6) is 1.27. The number of carbonyl (C=O) groups excluding carboxylic acids is 1. The first-order valence-electron chi connectivity index (χ1n) is 7.56. The Kier molecular flexibility index (Phi) is 6.08. The van der Waals surface area contributed by atoms with Gasteiger partial charge in [-0.1, -0.05) is 43.0 Å². The number of hydrogen-bond acceptors (Lipinski definition) is 3. The summed E-state index contributed by atoms with van der Waals surface area (Å²) in [5.41, 5.74) is 1.62. The fraction of sp³-hybridized carbons (Fsp3) is 0.100. The van der Waals surface area contributed by atoms with E-state index in [1.54, 1.807) is 54.8 Å². The summed E-state index contributed by atoms with van der Waals surface area (Å²) in [7, 11) is 0. The topological polar surface area (TPSA) is 50.7 Å². The molecule has 0 saturated heterocycles. The van der Waals surface area contributed by atoms with E-state index in [0.717, 1.165) is 12.0 Å². The summed E-state index contributed by atoms with van der Waals surface area (Å²) < 4.78 is 5.57. The lowest BCUT2D eigenvalue weighted by Gasteiger charge is -2.08. The van der Waals surface area contributed by atoms with E-state index in [1.165, 1.54) is 0 Å². The first-order valence-corrected chi connectivity index (χ1v) is 7.56. The fourth-order valence-corrected chi connectivity index (χ4v) is 1.96. The van der Waals surface area contributed by atoms with Crippen molar-refractivity contribution in [1.29, 1.82) is 0 Å². The van der Waals surface area contributed by atoms with Gasteiger partial charge in [0.1, 0.15) is 17.3 Å². The highest BCUT2D eigenvalue weighted by Crippen LogP contribution is 2.16. The van der Waals surface area contributed by atoms with E-state index >= 15 is 0 Å². The van der Waals surface area contributed by atoms with Crippen molar-refractivity contribution in [3.63, 3.8) is 0 Å². The molecule has 1 aromatic rings. The van der Waals surface area contributed by atoms with Crippen molar-refractivity contribution in [3.05, 3.63) is 90.9 Å². The minimum absolute atomic E-state index is 0.246. The highest BCUT2D eigenvalue weighted by Gasteiger charge is 2.09. The molecule has 1 aliphatic rings. The van der Waals surface area contributed by atoms with Crippen LogP contribution in [0.4, 0.5) is 0 Å². The van der Waals surface area contributed by atoms with Crippen LogP contribution in [0.5, 0.6) is 5.75 Å². The minimum Gasteiger partial charge on any atom is -0.458 e. The molecule has 122 valence electrons. The molecule has 0 bridgehead atoms. The number of carbonyl (C=O) groups is 1. The van der Waals surface area contributed by atoms with E-state index in [9.17, 15) is 4.79 Å². The van der Waals surface area contributed by atoms with E-state index in [1.807, 2.05) is 13.0 Å². The molecule has 1 aliphatic heterocycles. The van der Waals surface area contributed by atoms with Crippen LogP contribution >= 0.6 is 0 Å². The van der Waals surface area contributed by atoms with E-state index in [-0.39, 0.29) is 5.91 Å². The van der Waals surface area contributed by atoms with Crippen molar-refractivity contribution in [2.24, 2.45) is 4.99 Å². The second-order valence-corrected chi connectivity index (χ2v) is 5.24. The van der Waals surface area contributed by atoms with Crippen molar-refractivity contribution < 1.29 is 9.53 Å². The number of amidine groups is 1. The van der Waals surface area contributed by atoms with Crippen LogP contribution in [-0.2, 0) is 0 Å². The number of aliphatic imine (C=N–C) groups is 1. The zero-order chi connectivity index (χ0) is 17.4. The molecule has 1 amide bonds. The van der Waals surface area contributed by atoms with Gasteiger partial charge in [0, 0.05) is 11.8 Å². The van der Waals surface area contributed by atoms with Gasteiger partial charge in [-0.3, -0.25) is 4.79 Å². The van der Waals surface area contributed by atoms with Gasteiger partial charge in [-0.2, -0.15) is 0 Å². The number of benzene rings is 1. The summed E-state index contributed by atoms with van der Waals surface area (Å²) in [6, 6.07) is 6.89. The average molecular weight is 320 g/mol. The van der Waals surface area contributed by atoms with Crippen molar-refractivity contribution >= 4 is 11.7 Å². The largest absolute Gasteiger partial charge is 0.458 e. The van der Waals surface area contributed by atoms with Crippen LogP contribution in [0, 0.1) is 0 Å². The Morgan fingerprint density at radius 3 is 3.04 bits per heavy atom. The Labute approximate surface area is 142 Å². The van der Waals surface area contributed by atoms with Crippen molar-refractivity contribution in [2.75, 3.05) is 0 Å². The number of amides is 1. The van der Waals surface area contributed by atoms with Gasteiger partial charge < -0.3 is 10.1 Å². The van der Waals surface area contributed by atoms with Gasteiger partial charge in [0.2, 0.25) is 0 Å². The molecule has 0 aromatic heterocycles. The van der Waals surface area contributed by atoms with Crippen LogP contribution in [0.15, 0.2) is 90.3 Å². The van der Waals surface area contributed by atoms with Crippen LogP contribution in [-0.4, -0.2) is 11.7 Å². The first kappa shape index (κ1) is 17.2. The average Bonchev–Trinajstić information content (AvgIpc) is 2.77. The number of allylic oxidation sites excluding steroid dienone is 5. The zero-order valence-corrected chi connectivity index (χ0v) is 13.7. The third kappa shape index (κ3) is 5.25. The monoisotopic (exact) mass is 320 g/mol. The van der Waals surface area contributed by atoms with Crippen LogP contribution in [0.1, 0.15) is 23.7 Å². The number of ether oxygens (including phenoxy) is 1. The molecule has 0 saturated carbocycles. The van der Waals surface area contributed by atoms with E-state index in [0.29, 0.717) is 22.9 Å². The second-order valence-electron chi connectivity index (χ2n) is 5.24. The SMILES string of the molecule is C=C/C=C\C(=C)Oc1cccc(C(=O)NC2=NC=C(C)CC=C2)c1. The molecule has 2 rings (SSSR count). The number of nitrogens with one attached hydrogen (secondary N) is 1. The maximum absolute atomic E-state index is 12.4. The van der Waals surface area contributed by atoms with E-state index in [4.69, 9.17) is 4.74 Å². The molecule has 0 unspecified atom stereocenters. The second kappa shape index (κ2) is 8.48. The first-order chi connectivity index (χ1) is 11.6. The van der Waals surface area contributed by atoms with Gasteiger partial charge in [0.25, 0.3) is 5.91 Å². The van der Waals surface area contributed by atoms with Crippen LogP contribution in [0.25, 0.3) is 0 Å². The molecule has 1 N–H and O–H groups in total. The van der Waals surface area contributed by atoms with E-state index < -0.39 is 0 Å². The lowest BCUT2D eigenvalue weighted by atomic mass is 10.2. The third-order valence-electron chi connectivity index (χ3n) is 3.14. The Bertz CT molecular complexity index is 768. The van der Waals surface area contributed by atoms with Crippen LogP contribution in [0.2, 0.25) is 0 Å².